The first-order valence-corrected chi connectivity index (χ1v) is 8.09. The number of carbonyl (C=O) groups excluding carboxylic acids is 1. The fourth-order valence-corrected chi connectivity index (χ4v) is 3.05. The number of hydrogen-bond donors (Lipinski definition) is 1. The van der Waals surface area contributed by atoms with Crippen LogP contribution in [0.1, 0.15) is 12.8 Å². The SMILES string of the molecule is O=C(Nc1ccc(F)cc1)C1CCN(c2ccccc2[N+](=O)[O-])CC1. The third-order valence-electron chi connectivity index (χ3n) is 4.40. The van der Waals surface area contributed by atoms with Gasteiger partial charge in [-0.2, -0.15) is 0 Å². The van der Waals surface area contributed by atoms with Crippen molar-refractivity contribution in [1.82, 2.24) is 0 Å². The van der Waals surface area contributed by atoms with E-state index < -0.39 is 0 Å². The van der Waals surface area contributed by atoms with Gasteiger partial charge in [0.05, 0.1) is 4.92 Å². The standard InChI is InChI=1S/C18H18FN3O3/c19-14-5-7-15(8-6-14)20-18(23)13-9-11-21(12-10-13)16-3-1-2-4-17(16)22(24)25/h1-8,13H,9-12H2,(H,20,23). The molecule has 0 unspecified atom stereocenters. The Morgan fingerprint density at radius 2 is 1.76 bits per heavy atom. The van der Waals surface area contributed by atoms with Gasteiger partial charge >= 0.3 is 0 Å². The zero-order valence-electron chi connectivity index (χ0n) is 13.5. The largest absolute Gasteiger partial charge is 0.366 e. The Labute approximate surface area is 144 Å². The summed E-state index contributed by atoms with van der Waals surface area (Å²) in [5, 5.41) is 13.9. The molecule has 1 fully saturated rings. The van der Waals surface area contributed by atoms with Crippen LogP contribution in [0.5, 0.6) is 0 Å². The van der Waals surface area contributed by atoms with Gasteiger partial charge in [0.1, 0.15) is 11.5 Å². The van der Waals surface area contributed by atoms with Crippen molar-refractivity contribution < 1.29 is 14.1 Å². The number of nitrogens with one attached hydrogen (secondary N) is 1. The number of nitro benzene ring substituents is 1. The highest BCUT2D eigenvalue weighted by Crippen LogP contribution is 2.31. The number of hydrogen-bond acceptors (Lipinski definition) is 4. The molecule has 25 heavy (non-hydrogen) atoms. The molecule has 0 spiro atoms. The average Bonchev–Trinajstić information content (AvgIpc) is 2.63. The van der Waals surface area contributed by atoms with Crippen molar-refractivity contribution in [2.24, 2.45) is 5.92 Å². The van der Waals surface area contributed by atoms with E-state index in [1.165, 1.54) is 30.3 Å². The summed E-state index contributed by atoms with van der Waals surface area (Å²) in [4.78, 5) is 25.0. The van der Waals surface area contributed by atoms with Gasteiger partial charge in [-0.05, 0) is 43.2 Å². The molecule has 1 amide bonds. The summed E-state index contributed by atoms with van der Waals surface area (Å²) in [6, 6.07) is 12.3. The lowest BCUT2D eigenvalue weighted by molar-refractivity contribution is -0.384. The summed E-state index contributed by atoms with van der Waals surface area (Å²) >= 11 is 0. The van der Waals surface area contributed by atoms with Gasteiger partial charge in [0.2, 0.25) is 5.91 Å². The molecule has 0 bridgehead atoms. The molecule has 0 atom stereocenters. The molecule has 7 heteroatoms. The summed E-state index contributed by atoms with van der Waals surface area (Å²) < 4.78 is 12.9. The van der Waals surface area contributed by atoms with Gasteiger partial charge in [-0.15, -0.1) is 0 Å². The number of anilines is 2. The highest BCUT2D eigenvalue weighted by atomic mass is 19.1. The zero-order valence-corrected chi connectivity index (χ0v) is 13.5. The zero-order chi connectivity index (χ0) is 17.8. The van der Waals surface area contributed by atoms with Crippen LogP contribution in [-0.4, -0.2) is 23.9 Å². The summed E-state index contributed by atoms with van der Waals surface area (Å²) in [7, 11) is 0. The van der Waals surface area contributed by atoms with Crippen LogP contribution < -0.4 is 10.2 Å². The normalized spacial score (nSPS) is 15.0. The predicted octanol–water partition coefficient (Wildman–Crippen LogP) is 3.59. The van der Waals surface area contributed by atoms with Crippen LogP contribution in [0.4, 0.5) is 21.5 Å². The van der Waals surface area contributed by atoms with Crippen LogP contribution in [0, 0.1) is 21.8 Å². The van der Waals surface area contributed by atoms with Gasteiger partial charge in [-0.1, -0.05) is 12.1 Å². The lowest BCUT2D eigenvalue weighted by Gasteiger charge is -2.32. The molecule has 3 rings (SSSR count). The number of benzene rings is 2. The monoisotopic (exact) mass is 343 g/mol. The molecule has 0 aliphatic carbocycles. The smallest absolute Gasteiger partial charge is 0.292 e. The average molecular weight is 343 g/mol. The summed E-state index contributed by atoms with van der Waals surface area (Å²) in [5.41, 5.74) is 1.23. The van der Waals surface area contributed by atoms with Crippen molar-refractivity contribution in [2.45, 2.75) is 12.8 Å². The highest BCUT2D eigenvalue weighted by Gasteiger charge is 2.28. The van der Waals surface area contributed by atoms with Crippen LogP contribution in [0.2, 0.25) is 0 Å². The third-order valence-corrected chi connectivity index (χ3v) is 4.40. The van der Waals surface area contributed by atoms with Crippen LogP contribution >= 0.6 is 0 Å². The molecule has 1 saturated heterocycles. The molecule has 130 valence electrons. The number of halogens is 1. The highest BCUT2D eigenvalue weighted by molar-refractivity contribution is 5.92. The fourth-order valence-electron chi connectivity index (χ4n) is 3.05. The van der Waals surface area contributed by atoms with Gasteiger partial charge in [0.25, 0.3) is 5.69 Å². The molecule has 0 saturated carbocycles. The van der Waals surface area contributed by atoms with Crippen LogP contribution in [-0.2, 0) is 4.79 Å². The Bertz CT molecular complexity index is 771. The van der Waals surface area contributed by atoms with Crippen LogP contribution in [0.3, 0.4) is 0 Å². The fraction of sp³-hybridized carbons (Fsp3) is 0.278. The number of piperidine rings is 1. The molecule has 2 aromatic carbocycles. The minimum Gasteiger partial charge on any atom is -0.366 e. The first-order valence-electron chi connectivity index (χ1n) is 8.09. The second kappa shape index (κ2) is 7.29. The van der Waals surface area contributed by atoms with E-state index in [0.717, 1.165) is 0 Å². The van der Waals surface area contributed by atoms with E-state index in [0.29, 0.717) is 37.3 Å². The summed E-state index contributed by atoms with van der Waals surface area (Å²) in [5.74, 6) is -0.617. The van der Waals surface area contributed by atoms with E-state index in [9.17, 15) is 19.3 Å². The first-order chi connectivity index (χ1) is 12.0. The lowest BCUT2D eigenvalue weighted by atomic mass is 9.95. The molecule has 2 aromatic rings. The maximum Gasteiger partial charge on any atom is 0.292 e. The number of nitrogens with zero attached hydrogens (tertiary/aromatic N) is 2. The Hall–Kier alpha value is -2.96. The Balaban J connectivity index is 1.61. The minimum absolute atomic E-state index is 0.0803. The van der Waals surface area contributed by atoms with E-state index in [-0.39, 0.29) is 28.3 Å². The second-order valence-corrected chi connectivity index (χ2v) is 6.00. The molecule has 0 radical (unpaired) electrons. The Morgan fingerprint density at radius 1 is 1.12 bits per heavy atom. The van der Waals surface area contributed by atoms with Crippen molar-refractivity contribution in [3.05, 3.63) is 64.5 Å². The van der Waals surface area contributed by atoms with Gasteiger partial charge in [0.15, 0.2) is 0 Å². The summed E-state index contributed by atoms with van der Waals surface area (Å²) in [6.07, 6.45) is 1.22. The quantitative estimate of drug-likeness (QED) is 0.680. The van der Waals surface area contributed by atoms with Gasteiger partial charge < -0.3 is 10.2 Å². The van der Waals surface area contributed by atoms with Gasteiger partial charge in [-0.3, -0.25) is 14.9 Å². The lowest BCUT2D eigenvalue weighted by Crippen LogP contribution is -2.38. The topological polar surface area (TPSA) is 75.5 Å². The van der Waals surface area contributed by atoms with Crippen molar-refractivity contribution in [2.75, 3.05) is 23.3 Å². The predicted molar refractivity (Wildman–Crippen MR) is 93.1 cm³/mol. The minimum atomic E-state index is -0.386. The molecule has 1 heterocycles. The van der Waals surface area contributed by atoms with Crippen molar-refractivity contribution >= 4 is 23.0 Å². The Kier molecular flexibility index (Phi) is 4.92. The van der Waals surface area contributed by atoms with E-state index in [1.807, 2.05) is 4.90 Å². The Morgan fingerprint density at radius 3 is 2.40 bits per heavy atom. The maximum atomic E-state index is 12.9. The molecule has 1 aliphatic heterocycles. The number of rotatable bonds is 4. The molecular weight excluding hydrogens is 325 g/mol. The van der Waals surface area contributed by atoms with Crippen LogP contribution in [0.15, 0.2) is 48.5 Å². The van der Waals surface area contributed by atoms with Gasteiger partial charge in [-0.25, -0.2) is 4.39 Å². The van der Waals surface area contributed by atoms with Gasteiger partial charge in [0, 0.05) is 30.8 Å². The number of carbonyl (C=O) groups is 1. The molecular formula is C18H18FN3O3. The van der Waals surface area contributed by atoms with Crippen molar-refractivity contribution in [1.29, 1.82) is 0 Å². The van der Waals surface area contributed by atoms with E-state index in [4.69, 9.17) is 0 Å². The van der Waals surface area contributed by atoms with Crippen molar-refractivity contribution in [3.63, 3.8) is 0 Å². The molecule has 6 nitrogen and oxygen atoms in total. The van der Waals surface area contributed by atoms with E-state index in [2.05, 4.69) is 5.32 Å². The molecule has 1 N–H and O–H groups in total. The van der Waals surface area contributed by atoms with E-state index in [1.54, 1.807) is 18.2 Å². The van der Waals surface area contributed by atoms with Crippen LogP contribution in [0.25, 0.3) is 0 Å². The number of amides is 1. The van der Waals surface area contributed by atoms with Crippen molar-refractivity contribution in [3.8, 4) is 0 Å². The third kappa shape index (κ3) is 3.93. The molecule has 1 aliphatic rings. The number of para-hydroxylation sites is 2. The maximum absolute atomic E-state index is 12.9. The first kappa shape index (κ1) is 16.9. The summed E-state index contributed by atoms with van der Waals surface area (Å²) in [6.45, 7) is 1.15. The molecule has 0 aromatic heterocycles. The second-order valence-electron chi connectivity index (χ2n) is 6.00. The van der Waals surface area contributed by atoms with E-state index >= 15 is 0 Å². The number of nitro groups is 1.